The van der Waals surface area contributed by atoms with Gasteiger partial charge in [0.1, 0.15) is 5.75 Å². The molecule has 2 aromatic heterocycles. The molecule has 0 aliphatic carbocycles. The lowest BCUT2D eigenvalue weighted by molar-refractivity contribution is -0.121. The van der Waals surface area contributed by atoms with Crippen molar-refractivity contribution in [3.8, 4) is 5.75 Å². The summed E-state index contributed by atoms with van der Waals surface area (Å²) in [6, 6.07) is 18.1. The SMILES string of the molecule is CCc1cccc2c([C@H](CC(=O)NCc3ccncc3)c3ccccc3OC)c[nH]c12. The van der Waals surface area contributed by atoms with Crippen LogP contribution < -0.4 is 10.1 Å². The second kappa shape index (κ2) is 9.47. The first-order valence-corrected chi connectivity index (χ1v) is 10.6. The molecule has 2 heterocycles. The number of benzene rings is 2. The van der Waals surface area contributed by atoms with Crippen LogP contribution in [0.1, 0.15) is 41.5 Å². The third-order valence-corrected chi connectivity index (χ3v) is 5.73. The molecule has 0 saturated heterocycles. The highest BCUT2D eigenvalue weighted by Crippen LogP contribution is 2.38. The Balaban J connectivity index is 1.68. The van der Waals surface area contributed by atoms with Crippen molar-refractivity contribution in [2.45, 2.75) is 32.2 Å². The van der Waals surface area contributed by atoms with Gasteiger partial charge < -0.3 is 15.0 Å². The van der Waals surface area contributed by atoms with Gasteiger partial charge >= 0.3 is 0 Å². The first-order chi connectivity index (χ1) is 15.2. The second-order valence-corrected chi connectivity index (χ2v) is 7.57. The first-order valence-electron chi connectivity index (χ1n) is 10.6. The Bertz CT molecular complexity index is 1170. The van der Waals surface area contributed by atoms with Crippen LogP contribution in [0, 0.1) is 0 Å². The standard InChI is InChI=1S/C26H27N3O2/c1-3-19-7-6-9-21-23(17-29-26(19)21)22(20-8-4-5-10-24(20)31-2)15-25(30)28-16-18-11-13-27-14-12-18/h4-14,17,22,29H,3,15-16H2,1-2H3,(H,28,30)/t22-/m1/s1. The molecule has 158 valence electrons. The molecule has 5 nitrogen and oxygen atoms in total. The van der Waals surface area contributed by atoms with E-state index >= 15 is 0 Å². The number of ether oxygens (including phenoxy) is 1. The molecule has 4 aromatic rings. The summed E-state index contributed by atoms with van der Waals surface area (Å²) in [4.78, 5) is 20.4. The third-order valence-electron chi connectivity index (χ3n) is 5.73. The number of amides is 1. The number of carbonyl (C=O) groups is 1. The number of fused-ring (bicyclic) bond motifs is 1. The van der Waals surface area contributed by atoms with Crippen LogP contribution in [0.4, 0.5) is 0 Å². The van der Waals surface area contributed by atoms with E-state index in [1.54, 1.807) is 19.5 Å². The molecule has 31 heavy (non-hydrogen) atoms. The van der Waals surface area contributed by atoms with Gasteiger partial charge in [-0.2, -0.15) is 0 Å². The Kier molecular flexibility index (Phi) is 6.32. The summed E-state index contributed by atoms with van der Waals surface area (Å²) in [7, 11) is 1.67. The van der Waals surface area contributed by atoms with E-state index in [9.17, 15) is 4.79 Å². The van der Waals surface area contributed by atoms with Crippen LogP contribution >= 0.6 is 0 Å². The summed E-state index contributed by atoms with van der Waals surface area (Å²) < 4.78 is 5.64. The van der Waals surface area contributed by atoms with Crippen LogP contribution in [-0.2, 0) is 17.8 Å². The van der Waals surface area contributed by atoms with Gasteiger partial charge in [0.2, 0.25) is 5.91 Å². The number of nitrogens with zero attached hydrogens (tertiary/aromatic N) is 1. The fourth-order valence-electron chi connectivity index (χ4n) is 4.12. The van der Waals surface area contributed by atoms with E-state index in [1.807, 2.05) is 42.6 Å². The van der Waals surface area contributed by atoms with Crippen molar-refractivity contribution in [2.75, 3.05) is 7.11 Å². The molecule has 0 aliphatic rings. The van der Waals surface area contributed by atoms with E-state index in [1.165, 1.54) is 5.56 Å². The molecule has 2 N–H and O–H groups in total. The molecule has 5 heteroatoms. The highest BCUT2D eigenvalue weighted by atomic mass is 16.5. The van der Waals surface area contributed by atoms with Crippen molar-refractivity contribution in [2.24, 2.45) is 0 Å². The maximum absolute atomic E-state index is 13.0. The number of H-pyrrole nitrogens is 1. The smallest absolute Gasteiger partial charge is 0.221 e. The Hall–Kier alpha value is -3.60. The quantitative estimate of drug-likeness (QED) is 0.428. The average Bonchev–Trinajstić information content (AvgIpc) is 3.26. The maximum atomic E-state index is 13.0. The lowest BCUT2D eigenvalue weighted by Crippen LogP contribution is -2.25. The largest absolute Gasteiger partial charge is 0.496 e. The highest BCUT2D eigenvalue weighted by molar-refractivity contribution is 5.88. The number of hydrogen-bond acceptors (Lipinski definition) is 3. The molecular formula is C26H27N3O2. The third kappa shape index (κ3) is 4.45. The van der Waals surface area contributed by atoms with Gasteiger partial charge in [-0.1, -0.05) is 43.3 Å². The van der Waals surface area contributed by atoms with Crippen molar-refractivity contribution in [1.29, 1.82) is 0 Å². The Labute approximate surface area is 182 Å². The second-order valence-electron chi connectivity index (χ2n) is 7.57. The van der Waals surface area contributed by atoms with Gasteiger partial charge in [0, 0.05) is 53.9 Å². The zero-order chi connectivity index (χ0) is 21.6. The molecule has 0 saturated carbocycles. The van der Waals surface area contributed by atoms with Gasteiger partial charge in [-0.25, -0.2) is 0 Å². The van der Waals surface area contributed by atoms with Gasteiger partial charge in [0.15, 0.2) is 0 Å². The summed E-state index contributed by atoms with van der Waals surface area (Å²) in [6.45, 7) is 2.63. The first kappa shape index (κ1) is 20.7. The minimum absolute atomic E-state index is 0.00582. The molecule has 1 amide bonds. The minimum atomic E-state index is -0.130. The molecule has 0 aliphatic heterocycles. The normalized spacial score (nSPS) is 11.9. The van der Waals surface area contributed by atoms with E-state index < -0.39 is 0 Å². The van der Waals surface area contributed by atoms with Gasteiger partial charge in [-0.05, 0) is 41.3 Å². The zero-order valence-electron chi connectivity index (χ0n) is 17.9. The molecule has 0 unspecified atom stereocenters. The zero-order valence-corrected chi connectivity index (χ0v) is 17.9. The molecule has 4 rings (SSSR count). The van der Waals surface area contributed by atoms with Crippen molar-refractivity contribution in [3.63, 3.8) is 0 Å². The highest BCUT2D eigenvalue weighted by Gasteiger charge is 2.24. The number of aryl methyl sites for hydroxylation is 1. The van der Waals surface area contributed by atoms with Crippen LogP contribution in [0.15, 0.2) is 73.2 Å². The number of aromatic amines is 1. The fourth-order valence-corrected chi connectivity index (χ4v) is 4.12. The van der Waals surface area contributed by atoms with E-state index in [4.69, 9.17) is 4.74 Å². The van der Waals surface area contributed by atoms with E-state index in [-0.39, 0.29) is 11.8 Å². The van der Waals surface area contributed by atoms with Crippen LogP contribution in [0.2, 0.25) is 0 Å². The summed E-state index contributed by atoms with van der Waals surface area (Å²) in [5, 5.41) is 4.20. The van der Waals surface area contributed by atoms with Gasteiger partial charge in [0.05, 0.1) is 7.11 Å². The van der Waals surface area contributed by atoms with Crippen molar-refractivity contribution in [1.82, 2.24) is 15.3 Å². The van der Waals surface area contributed by atoms with Gasteiger partial charge in [-0.15, -0.1) is 0 Å². The Morgan fingerprint density at radius 1 is 1.06 bits per heavy atom. The molecule has 0 radical (unpaired) electrons. The number of aromatic nitrogens is 2. The van der Waals surface area contributed by atoms with E-state index in [2.05, 4.69) is 40.4 Å². The monoisotopic (exact) mass is 413 g/mol. The number of pyridine rings is 1. The molecule has 2 aromatic carbocycles. The summed E-state index contributed by atoms with van der Waals surface area (Å²) in [6.07, 6.45) is 6.78. The van der Waals surface area contributed by atoms with Crippen LogP contribution in [-0.4, -0.2) is 23.0 Å². The summed E-state index contributed by atoms with van der Waals surface area (Å²) in [5.74, 6) is 0.651. The maximum Gasteiger partial charge on any atom is 0.221 e. The number of methoxy groups -OCH3 is 1. The molecule has 0 spiro atoms. The molecule has 0 fully saturated rings. The number of para-hydroxylation sites is 2. The van der Waals surface area contributed by atoms with Crippen LogP contribution in [0.3, 0.4) is 0 Å². The van der Waals surface area contributed by atoms with E-state index in [0.717, 1.165) is 39.8 Å². The van der Waals surface area contributed by atoms with Gasteiger partial charge in [-0.3, -0.25) is 9.78 Å². The number of nitrogens with one attached hydrogen (secondary N) is 2. The topological polar surface area (TPSA) is 67.0 Å². The van der Waals surface area contributed by atoms with E-state index in [0.29, 0.717) is 13.0 Å². The lowest BCUT2D eigenvalue weighted by atomic mass is 9.87. The minimum Gasteiger partial charge on any atom is -0.496 e. The van der Waals surface area contributed by atoms with Gasteiger partial charge in [0.25, 0.3) is 0 Å². The molecule has 0 bridgehead atoms. The fraction of sp³-hybridized carbons (Fsp3) is 0.231. The number of carbonyl (C=O) groups excluding carboxylic acids is 1. The summed E-state index contributed by atoms with van der Waals surface area (Å²) in [5.41, 5.74) is 5.54. The average molecular weight is 414 g/mol. The Morgan fingerprint density at radius 3 is 2.65 bits per heavy atom. The summed E-state index contributed by atoms with van der Waals surface area (Å²) >= 11 is 0. The predicted octanol–water partition coefficient (Wildman–Crippen LogP) is 4.97. The number of rotatable bonds is 8. The molecular weight excluding hydrogens is 386 g/mol. The Morgan fingerprint density at radius 2 is 1.87 bits per heavy atom. The van der Waals surface area contributed by atoms with Crippen molar-refractivity contribution >= 4 is 16.8 Å². The van der Waals surface area contributed by atoms with Crippen molar-refractivity contribution < 1.29 is 9.53 Å². The number of hydrogen-bond donors (Lipinski definition) is 2. The molecule has 1 atom stereocenters. The van der Waals surface area contributed by atoms with Crippen LogP contribution in [0.25, 0.3) is 10.9 Å². The van der Waals surface area contributed by atoms with Crippen LogP contribution in [0.5, 0.6) is 5.75 Å². The lowest BCUT2D eigenvalue weighted by Gasteiger charge is -2.20. The predicted molar refractivity (Wildman–Crippen MR) is 123 cm³/mol. The van der Waals surface area contributed by atoms with Crippen molar-refractivity contribution in [3.05, 3.63) is 95.4 Å².